The maximum atomic E-state index is 11.3. The molecule has 0 radical (unpaired) electrons. The van der Waals surface area contributed by atoms with Crippen LogP contribution in [0.25, 0.3) is 11.3 Å². The highest BCUT2D eigenvalue weighted by Gasteiger charge is 2.09. The lowest BCUT2D eigenvalue weighted by Gasteiger charge is -2.05. The number of aryl methyl sites for hydroxylation is 1. The maximum Gasteiger partial charge on any atom is 0.159 e. The van der Waals surface area contributed by atoms with Gasteiger partial charge in [0.2, 0.25) is 0 Å². The molecule has 0 spiro atoms. The van der Waals surface area contributed by atoms with E-state index in [2.05, 4.69) is 5.10 Å². The van der Waals surface area contributed by atoms with Crippen molar-refractivity contribution >= 4 is 11.5 Å². The molecule has 0 atom stereocenters. The molecule has 0 saturated heterocycles. The molecule has 0 saturated carbocycles. The zero-order chi connectivity index (χ0) is 11.7. The van der Waals surface area contributed by atoms with Gasteiger partial charge in [0.15, 0.2) is 5.78 Å². The van der Waals surface area contributed by atoms with Gasteiger partial charge in [-0.05, 0) is 13.0 Å². The first-order chi connectivity index (χ1) is 7.59. The van der Waals surface area contributed by atoms with E-state index in [4.69, 9.17) is 5.73 Å². The molecule has 0 amide bonds. The average molecular weight is 215 g/mol. The molecule has 2 aromatic rings. The number of nitrogen functional groups attached to an aromatic ring is 1. The molecular formula is C12H13N3O. The minimum atomic E-state index is 0.0441. The van der Waals surface area contributed by atoms with Gasteiger partial charge in [0.1, 0.15) is 0 Å². The predicted octanol–water partition coefficient (Wildman–Crippen LogP) is 1.87. The molecule has 0 unspecified atom stereocenters. The zero-order valence-corrected chi connectivity index (χ0v) is 9.27. The second-order valence-corrected chi connectivity index (χ2v) is 3.71. The summed E-state index contributed by atoms with van der Waals surface area (Å²) in [4.78, 5) is 11.3. The number of aromatic nitrogens is 2. The summed E-state index contributed by atoms with van der Waals surface area (Å²) in [6.45, 7) is 1.55. The molecule has 1 aromatic heterocycles. The van der Waals surface area contributed by atoms with Gasteiger partial charge in [-0.25, -0.2) is 0 Å². The van der Waals surface area contributed by atoms with Crippen LogP contribution < -0.4 is 5.73 Å². The Kier molecular flexibility index (Phi) is 2.48. The Morgan fingerprint density at radius 3 is 2.75 bits per heavy atom. The van der Waals surface area contributed by atoms with E-state index in [-0.39, 0.29) is 5.78 Å². The number of nitrogens with zero attached hydrogens (tertiary/aromatic N) is 2. The van der Waals surface area contributed by atoms with Gasteiger partial charge in [0.25, 0.3) is 0 Å². The fourth-order valence-corrected chi connectivity index (χ4v) is 1.69. The van der Waals surface area contributed by atoms with Crippen molar-refractivity contribution in [1.82, 2.24) is 9.78 Å². The number of benzene rings is 1. The van der Waals surface area contributed by atoms with E-state index >= 15 is 0 Å². The second kappa shape index (κ2) is 3.81. The Morgan fingerprint density at radius 1 is 1.44 bits per heavy atom. The third-order valence-electron chi connectivity index (χ3n) is 2.51. The lowest BCUT2D eigenvalue weighted by molar-refractivity contribution is 0.101. The second-order valence-electron chi connectivity index (χ2n) is 3.71. The van der Waals surface area contributed by atoms with Gasteiger partial charge >= 0.3 is 0 Å². The molecule has 1 heterocycles. The first-order valence-electron chi connectivity index (χ1n) is 4.98. The van der Waals surface area contributed by atoms with E-state index in [1.54, 1.807) is 23.9 Å². The number of rotatable bonds is 2. The van der Waals surface area contributed by atoms with Crippen LogP contribution in [-0.4, -0.2) is 15.6 Å². The number of anilines is 1. The average Bonchev–Trinajstić information content (AvgIpc) is 2.59. The maximum absolute atomic E-state index is 11.3. The first-order valence-corrected chi connectivity index (χ1v) is 4.98. The Balaban J connectivity index is 2.57. The molecule has 2 N–H and O–H groups in total. The number of hydrogen-bond donors (Lipinski definition) is 1. The van der Waals surface area contributed by atoms with Crippen LogP contribution in [0.2, 0.25) is 0 Å². The van der Waals surface area contributed by atoms with E-state index in [1.807, 2.05) is 25.2 Å². The van der Waals surface area contributed by atoms with Crippen molar-refractivity contribution in [3.63, 3.8) is 0 Å². The van der Waals surface area contributed by atoms with Crippen molar-refractivity contribution in [3.05, 3.63) is 36.0 Å². The summed E-state index contributed by atoms with van der Waals surface area (Å²) in [5, 5.41) is 4.07. The molecule has 0 aliphatic carbocycles. The molecule has 4 heteroatoms. The third kappa shape index (κ3) is 1.69. The van der Waals surface area contributed by atoms with Gasteiger partial charge in [-0.2, -0.15) is 5.10 Å². The van der Waals surface area contributed by atoms with Crippen LogP contribution in [0.3, 0.4) is 0 Å². The van der Waals surface area contributed by atoms with E-state index in [9.17, 15) is 4.79 Å². The predicted molar refractivity (Wildman–Crippen MR) is 63.1 cm³/mol. The monoisotopic (exact) mass is 215 g/mol. The summed E-state index contributed by atoms with van der Waals surface area (Å²) in [6.07, 6.45) is 1.61. The molecule has 0 fully saturated rings. The van der Waals surface area contributed by atoms with Crippen molar-refractivity contribution in [2.45, 2.75) is 6.92 Å². The number of Topliss-reactive ketones (excluding diaryl/α,β-unsaturated/α-hetero) is 1. The topological polar surface area (TPSA) is 60.9 Å². The molecule has 2 rings (SSSR count). The van der Waals surface area contributed by atoms with Crippen molar-refractivity contribution in [3.8, 4) is 11.3 Å². The Labute approximate surface area is 93.7 Å². The molecule has 0 aliphatic heterocycles. The number of hydrogen-bond acceptors (Lipinski definition) is 3. The standard InChI is InChI=1S/C12H13N3O/c1-8(16)9-4-3-5-10(6-9)12-11(13)7-14-15(12)2/h3-7H,13H2,1-2H3. The van der Waals surface area contributed by atoms with Crippen LogP contribution in [0, 0.1) is 0 Å². The first kappa shape index (κ1) is 10.4. The Bertz CT molecular complexity index is 523. The summed E-state index contributed by atoms with van der Waals surface area (Å²) in [5.41, 5.74) is 8.87. The van der Waals surface area contributed by atoms with Gasteiger partial charge in [0.05, 0.1) is 17.6 Å². The fourth-order valence-electron chi connectivity index (χ4n) is 1.69. The molecule has 1 aromatic carbocycles. The normalized spacial score (nSPS) is 10.4. The number of ketones is 1. The lowest BCUT2D eigenvalue weighted by Crippen LogP contribution is -1.98. The van der Waals surface area contributed by atoms with Crippen LogP contribution in [0.1, 0.15) is 17.3 Å². The van der Waals surface area contributed by atoms with Gasteiger partial charge in [0, 0.05) is 18.2 Å². The lowest BCUT2D eigenvalue weighted by atomic mass is 10.1. The summed E-state index contributed by atoms with van der Waals surface area (Å²) >= 11 is 0. The van der Waals surface area contributed by atoms with E-state index in [1.165, 1.54) is 0 Å². The Morgan fingerprint density at radius 2 is 2.19 bits per heavy atom. The smallest absolute Gasteiger partial charge is 0.159 e. The quantitative estimate of drug-likeness (QED) is 0.778. The van der Waals surface area contributed by atoms with Crippen molar-refractivity contribution in [1.29, 1.82) is 0 Å². The van der Waals surface area contributed by atoms with Crippen molar-refractivity contribution in [2.75, 3.05) is 5.73 Å². The van der Waals surface area contributed by atoms with Gasteiger partial charge in [-0.3, -0.25) is 9.48 Å². The minimum absolute atomic E-state index is 0.0441. The summed E-state index contributed by atoms with van der Waals surface area (Å²) in [6, 6.07) is 7.38. The van der Waals surface area contributed by atoms with E-state index in [0.29, 0.717) is 11.3 Å². The molecule has 82 valence electrons. The molecule has 4 nitrogen and oxygen atoms in total. The SMILES string of the molecule is CC(=O)c1cccc(-c2c(N)cnn2C)c1. The van der Waals surface area contributed by atoms with Crippen LogP contribution >= 0.6 is 0 Å². The van der Waals surface area contributed by atoms with Gasteiger partial charge < -0.3 is 5.73 Å². The number of nitrogens with two attached hydrogens (primary N) is 1. The highest BCUT2D eigenvalue weighted by atomic mass is 16.1. The van der Waals surface area contributed by atoms with Crippen molar-refractivity contribution in [2.24, 2.45) is 7.05 Å². The van der Waals surface area contributed by atoms with E-state index in [0.717, 1.165) is 11.3 Å². The summed E-state index contributed by atoms with van der Waals surface area (Å²) < 4.78 is 1.70. The molecular weight excluding hydrogens is 202 g/mol. The molecule has 16 heavy (non-hydrogen) atoms. The highest BCUT2D eigenvalue weighted by molar-refractivity contribution is 5.95. The van der Waals surface area contributed by atoms with Gasteiger partial charge in [-0.15, -0.1) is 0 Å². The summed E-state index contributed by atoms with van der Waals surface area (Å²) in [5.74, 6) is 0.0441. The number of carbonyl (C=O) groups is 1. The van der Waals surface area contributed by atoms with Crippen LogP contribution in [0.5, 0.6) is 0 Å². The number of carbonyl (C=O) groups excluding carboxylic acids is 1. The third-order valence-corrected chi connectivity index (χ3v) is 2.51. The largest absolute Gasteiger partial charge is 0.396 e. The van der Waals surface area contributed by atoms with Crippen LogP contribution in [0.15, 0.2) is 30.5 Å². The van der Waals surface area contributed by atoms with Gasteiger partial charge in [-0.1, -0.05) is 18.2 Å². The van der Waals surface area contributed by atoms with Crippen LogP contribution in [0.4, 0.5) is 5.69 Å². The molecule has 0 aliphatic rings. The minimum Gasteiger partial charge on any atom is -0.396 e. The van der Waals surface area contributed by atoms with Crippen LogP contribution in [-0.2, 0) is 7.05 Å². The fraction of sp³-hybridized carbons (Fsp3) is 0.167. The molecule has 0 bridgehead atoms. The van der Waals surface area contributed by atoms with E-state index < -0.39 is 0 Å². The summed E-state index contributed by atoms with van der Waals surface area (Å²) in [7, 11) is 1.83. The Hall–Kier alpha value is -2.10. The highest BCUT2D eigenvalue weighted by Crippen LogP contribution is 2.25. The van der Waals surface area contributed by atoms with Crippen molar-refractivity contribution < 1.29 is 4.79 Å². The zero-order valence-electron chi connectivity index (χ0n) is 9.27.